The topological polar surface area (TPSA) is 69.0 Å². The third-order valence-electron chi connectivity index (χ3n) is 4.29. The first-order chi connectivity index (χ1) is 12.7. The van der Waals surface area contributed by atoms with E-state index in [1.807, 2.05) is 6.07 Å². The van der Waals surface area contributed by atoms with E-state index in [2.05, 4.69) is 46.6 Å². The van der Waals surface area contributed by atoms with Crippen LogP contribution in [-0.2, 0) is 13.3 Å². The van der Waals surface area contributed by atoms with Crippen LogP contribution in [0.1, 0.15) is 12.0 Å². The van der Waals surface area contributed by atoms with E-state index in [0.29, 0.717) is 6.54 Å². The lowest BCUT2D eigenvalue weighted by atomic mass is 10.2. The Morgan fingerprint density at radius 2 is 1.73 bits per heavy atom. The minimum Gasteiger partial charge on any atom is -0.377 e. The first-order valence-electron chi connectivity index (χ1n) is 9.20. The molecule has 0 heterocycles. The molecular formula is C19H35N3O3Si. The van der Waals surface area contributed by atoms with Gasteiger partial charge < -0.3 is 24.3 Å². The Hall–Kier alpha value is -1.06. The molecule has 0 fully saturated rings. The van der Waals surface area contributed by atoms with Crippen molar-refractivity contribution in [1.82, 2.24) is 10.2 Å². The molecule has 148 valence electrons. The maximum Gasteiger partial charge on any atom is 0.500 e. The molecule has 0 unspecified atom stereocenters. The number of nitrogens with two attached hydrogens (primary N) is 1. The molecule has 0 spiro atoms. The highest BCUT2D eigenvalue weighted by molar-refractivity contribution is 6.60. The van der Waals surface area contributed by atoms with Crippen molar-refractivity contribution >= 4 is 14.9 Å². The number of rotatable bonds is 15. The van der Waals surface area contributed by atoms with Gasteiger partial charge in [0.05, 0.1) is 0 Å². The average molecular weight is 382 g/mol. The molecule has 0 radical (unpaired) electrons. The first kappa shape index (κ1) is 23.0. The highest BCUT2D eigenvalue weighted by atomic mass is 28.4. The number of nitrogens with zero attached hydrogens (tertiary/aromatic N) is 1. The summed E-state index contributed by atoms with van der Waals surface area (Å²) < 4.78 is 16.5. The van der Waals surface area contributed by atoms with Crippen molar-refractivity contribution in [2.45, 2.75) is 12.5 Å². The van der Waals surface area contributed by atoms with Crippen LogP contribution in [0.25, 0.3) is 6.08 Å². The Kier molecular flexibility index (Phi) is 12.4. The molecular weight excluding hydrogens is 346 g/mol. The molecule has 0 amide bonds. The molecule has 0 aliphatic rings. The van der Waals surface area contributed by atoms with Gasteiger partial charge in [-0.3, -0.25) is 4.90 Å². The van der Waals surface area contributed by atoms with Gasteiger partial charge in [0.1, 0.15) is 0 Å². The normalized spacial score (nSPS) is 12.3. The van der Waals surface area contributed by atoms with E-state index in [4.69, 9.17) is 19.0 Å². The number of benzene rings is 1. The Balaban J connectivity index is 2.50. The van der Waals surface area contributed by atoms with E-state index in [-0.39, 0.29) is 0 Å². The van der Waals surface area contributed by atoms with Crippen LogP contribution in [0.3, 0.4) is 0 Å². The largest absolute Gasteiger partial charge is 0.500 e. The van der Waals surface area contributed by atoms with Crippen LogP contribution in [0.2, 0.25) is 6.04 Å². The van der Waals surface area contributed by atoms with Crippen LogP contribution in [0.5, 0.6) is 0 Å². The van der Waals surface area contributed by atoms with Crippen molar-refractivity contribution in [2.24, 2.45) is 5.73 Å². The van der Waals surface area contributed by atoms with Gasteiger partial charge in [-0.15, -0.1) is 0 Å². The minimum absolute atomic E-state index is 0.664. The van der Waals surface area contributed by atoms with Crippen LogP contribution >= 0.6 is 0 Å². The summed E-state index contributed by atoms with van der Waals surface area (Å²) in [6.07, 6.45) is 5.35. The molecule has 0 bridgehead atoms. The zero-order valence-electron chi connectivity index (χ0n) is 16.4. The molecule has 1 rings (SSSR count). The molecule has 0 aliphatic carbocycles. The summed E-state index contributed by atoms with van der Waals surface area (Å²) in [4.78, 5) is 2.42. The van der Waals surface area contributed by atoms with Crippen molar-refractivity contribution in [1.29, 1.82) is 0 Å². The summed E-state index contributed by atoms with van der Waals surface area (Å²) >= 11 is 0. The Labute approximate surface area is 159 Å². The van der Waals surface area contributed by atoms with E-state index in [0.717, 1.165) is 45.2 Å². The van der Waals surface area contributed by atoms with Gasteiger partial charge in [-0.2, -0.15) is 0 Å². The Morgan fingerprint density at radius 1 is 1.04 bits per heavy atom. The van der Waals surface area contributed by atoms with E-state index >= 15 is 0 Å². The fourth-order valence-corrected chi connectivity index (χ4v) is 4.44. The summed E-state index contributed by atoms with van der Waals surface area (Å²) in [6.45, 7) is 5.28. The molecule has 7 heteroatoms. The second-order valence-electron chi connectivity index (χ2n) is 6.05. The van der Waals surface area contributed by atoms with E-state index in [1.54, 1.807) is 21.3 Å². The fraction of sp³-hybridized carbons (Fsp3) is 0.579. The maximum absolute atomic E-state index is 5.54. The van der Waals surface area contributed by atoms with Gasteiger partial charge in [0, 0.05) is 60.1 Å². The van der Waals surface area contributed by atoms with E-state index < -0.39 is 8.80 Å². The lowest BCUT2D eigenvalue weighted by molar-refractivity contribution is 0.121. The molecule has 1 aromatic rings. The Bertz CT molecular complexity index is 476. The standard InChI is InChI=1S/C19H35N3O3Si/c1-23-26(24-2,25-3)18-8-16-22(17-14-21-13-12-20)15-7-11-19-9-5-4-6-10-19/h4-7,9-11,21H,8,12-18,20H2,1-3H3. The summed E-state index contributed by atoms with van der Waals surface area (Å²) in [7, 11) is 2.50. The van der Waals surface area contributed by atoms with Crippen LogP contribution in [-0.4, -0.2) is 74.3 Å². The first-order valence-corrected chi connectivity index (χ1v) is 11.1. The highest BCUT2D eigenvalue weighted by Crippen LogP contribution is 2.15. The zero-order valence-corrected chi connectivity index (χ0v) is 17.4. The third kappa shape index (κ3) is 9.04. The van der Waals surface area contributed by atoms with Gasteiger partial charge >= 0.3 is 8.80 Å². The molecule has 0 aromatic heterocycles. The number of hydrogen-bond acceptors (Lipinski definition) is 6. The second-order valence-corrected chi connectivity index (χ2v) is 9.14. The van der Waals surface area contributed by atoms with Crippen molar-refractivity contribution in [2.75, 3.05) is 60.6 Å². The van der Waals surface area contributed by atoms with Crippen LogP contribution < -0.4 is 11.1 Å². The van der Waals surface area contributed by atoms with Gasteiger partial charge in [-0.05, 0) is 18.5 Å². The SMILES string of the molecule is CO[Si](CCCN(CC=Cc1ccccc1)CCNCCN)(OC)OC. The molecule has 6 nitrogen and oxygen atoms in total. The van der Waals surface area contributed by atoms with Gasteiger partial charge in [0.15, 0.2) is 0 Å². The lowest BCUT2D eigenvalue weighted by Gasteiger charge is -2.26. The van der Waals surface area contributed by atoms with Gasteiger partial charge in [0.25, 0.3) is 0 Å². The van der Waals surface area contributed by atoms with Crippen LogP contribution in [0.15, 0.2) is 36.4 Å². The van der Waals surface area contributed by atoms with Gasteiger partial charge in [0.2, 0.25) is 0 Å². The maximum atomic E-state index is 5.54. The van der Waals surface area contributed by atoms with Crippen LogP contribution in [0.4, 0.5) is 0 Å². The third-order valence-corrected chi connectivity index (χ3v) is 7.12. The summed E-state index contributed by atoms with van der Waals surface area (Å²) in [6, 6.07) is 11.2. The summed E-state index contributed by atoms with van der Waals surface area (Å²) in [5.74, 6) is 0. The molecule has 0 saturated heterocycles. The quantitative estimate of drug-likeness (QED) is 0.357. The molecule has 0 atom stereocenters. The fourth-order valence-electron chi connectivity index (χ4n) is 2.74. The lowest BCUT2D eigenvalue weighted by Crippen LogP contribution is -2.43. The number of hydrogen-bond donors (Lipinski definition) is 2. The highest BCUT2D eigenvalue weighted by Gasteiger charge is 2.36. The second kappa shape index (κ2) is 14.1. The summed E-state index contributed by atoms with van der Waals surface area (Å²) in [5, 5.41) is 3.36. The van der Waals surface area contributed by atoms with Crippen molar-refractivity contribution in [3.8, 4) is 0 Å². The van der Waals surface area contributed by atoms with Crippen molar-refractivity contribution < 1.29 is 13.3 Å². The molecule has 0 saturated carbocycles. The summed E-state index contributed by atoms with van der Waals surface area (Å²) in [5.41, 5.74) is 6.76. The van der Waals surface area contributed by atoms with Crippen LogP contribution in [0, 0.1) is 0 Å². The van der Waals surface area contributed by atoms with Gasteiger partial charge in [-0.1, -0.05) is 42.5 Å². The molecule has 0 aliphatic heterocycles. The predicted octanol–water partition coefficient (Wildman–Crippen LogP) is 1.82. The predicted molar refractivity (Wildman–Crippen MR) is 110 cm³/mol. The van der Waals surface area contributed by atoms with E-state index in [1.165, 1.54) is 5.56 Å². The Morgan fingerprint density at radius 3 is 2.35 bits per heavy atom. The van der Waals surface area contributed by atoms with Gasteiger partial charge in [-0.25, -0.2) is 0 Å². The monoisotopic (exact) mass is 381 g/mol. The van der Waals surface area contributed by atoms with Crippen molar-refractivity contribution in [3.63, 3.8) is 0 Å². The smallest absolute Gasteiger partial charge is 0.377 e. The molecule has 1 aromatic carbocycles. The molecule has 3 N–H and O–H groups in total. The molecule has 26 heavy (non-hydrogen) atoms. The average Bonchev–Trinajstić information content (AvgIpc) is 2.69. The minimum atomic E-state index is -2.49. The van der Waals surface area contributed by atoms with E-state index in [9.17, 15) is 0 Å². The van der Waals surface area contributed by atoms with Crippen molar-refractivity contribution in [3.05, 3.63) is 42.0 Å². The zero-order chi connectivity index (χ0) is 19.1. The number of nitrogens with one attached hydrogen (secondary N) is 1.